The minimum atomic E-state index is -0.288. The van der Waals surface area contributed by atoms with Gasteiger partial charge >= 0.3 is 0 Å². The van der Waals surface area contributed by atoms with E-state index in [9.17, 15) is 4.79 Å². The van der Waals surface area contributed by atoms with Gasteiger partial charge in [-0.15, -0.1) is 10.2 Å². The molecular formula is C20H21N5O3S. The van der Waals surface area contributed by atoms with Crippen LogP contribution >= 0.6 is 11.8 Å². The third-order valence-electron chi connectivity index (χ3n) is 4.01. The summed E-state index contributed by atoms with van der Waals surface area (Å²) in [6.45, 7) is 0. The van der Waals surface area contributed by atoms with E-state index in [1.54, 1.807) is 62.6 Å². The normalized spacial score (nSPS) is 10.9. The predicted octanol–water partition coefficient (Wildman–Crippen LogP) is 2.89. The van der Waals surface area contributed by atoms with Crippen molar-refractivity contribution in [3.8, 4) is 11.5 Å². The summed E-state index contributed by atoms with van der Waals surface area (Å²) in [4.78, 5) is 12.3. The van der Waals surface area contributed by atoms with Gasteiger partial charge in [-0.2, -0.15) is 5.10 Å². The van der Waals surface area contributed by atoms with Crippen LogP contribution in [0, 0.1) is 0 Å². The molecule has 1 N–H and O–H groups in total. The minimum Gasteiger partial charge on any atom is -0.497 e. The zero-order chi connectivity index (χ0) is 20.6. The Hall–Kier alpha value is -3.33. The number of ether oxygens (including phenoxy) is 2. The molecule has 0 fully saturated rings. The Kier molecular flexibility index (Phi) is 6.85. The number of thioether (sulfide) groups is 1. The SMILES string of the molecule is COc1cc(/C=N/NC(=O)c2ccc(CSc3nncn3C)cc2)cc(OC)c1. The van der Waals surface area contributed by atoms with Gasteiger partial charge in [0.25, 0.3) is 5.91 Å². The second-order valence-corrected chi connectivity index (χ2v) is 7.00. The van der Waals surface area contributed by atoms with Crippen molar-refractivity contribution in [2.75, 3.05) is 14.2 Å². The molecule has 9 heteroatoms. The van der Waals surface area contributed by atoms with Crippen molar-refractivity contribution in [1.82, 2.24) is 20.2 Å². The summed E-state index contributed by atoms with van der Waals surface area (Å²) in [5, 5.41) is 12.7. The lowest BCUT2D eigenvalue weighted by molar-refractivity contribution is 0.0955. The van der Waals surface area contributed by atoms with Crippen molar-refractivity contribution in [3.05, 3.63) is 65.5 Å². The Morgan fingerprint density at radius 3 is 2.45 bits per heavy atom. The van der Waals surface area contributed by atoms with Gasteiger partial charge in [0.05, 0.1) is 20.4 Å². The fourth-order valence-corrected chi connectivity index (χ4v) is 3.28. The zero-order valence-corrected chi connectivity index (χ0v) is 17.1. The Bertz CT molecular complexity index is 979. The molecule has 0 unspecified atom stereocenters. The van der Waals surface area contributed by atoms with Gasteiger partial charge in [-0.05, 0) is 29.8 Å². The average Bonchev–Trinajstić information content (AvgIpc) is 3.16. The number of carbonyl (C=O) groups is 1. The molecule has 2 aromatic carbocycles. The van der Waals surface area contributed by atoms with E-state index in [2.05, 4.69) is 20.7 Å². The van der Waals surface area contributed by atoms with E-state index in [-0.39, 0.29) is 5.91 Å². The van der Waals surface area contributed by atoms with Crippen LogP contribution in [-0.4, -0.2) is 41.1 Å². The number of methoxy groups -OCH3 is 2. The molecule has 1 aromatic heterocycles. The fourth-order valence-electron chi connectivity index (χ4n) is 2.44. The van der Waals surface area contributed by atoms with Crippen molar-refractivity contribution in [3.63, 3.8) is 0 Å². The van der Waals surface area contributed by atoms with E-state index in [1.165, 1.54) is 6.21 Å². The molecule has 1 heterocycles. The van der Waals surface area contributed by atoms with Gasteiger partial charge in [0.2, 0.25) is 0 Å². The smallest absolute Gasteiger partial charge is 0.271 e. The van der Waals surface area contributed by atoms with Crippen LogP contribution in [0.15, 0.2) is 59.0 Å². The molecule has 29 heavy (non-hydrogen) atoms. The van der Waals surface area contributed by atoms with E-state index < -0.39 is 0 Å². The van der Waals surface area contributed by atoms with Gasteiger partial charge in [0, 0.05) is 30.0 Å². The number of aryl methyl sites for hydroxylation is 1. The maximum Gasteiger partial charge on any atom is 0.271 e. The predicted molar refractivity (Wildman–Crippen MR) is 112 cm³/mol. The van der Waals surface area contributed by atoms with E-state index in [1.807, 2.05) is 23.7 Å². The first kappa shape index (κ1) is 20.4. The first-order chi connectivity index (χ1) is 14.1. The quantitative estimate of drug-likeness (QED) is 0.348. The number of rotatable bonds is 8. The highest BCUT2D eigenvalue weighted by Crippen LogP contribution is 2.22. The molecule has 3 aromatic rings. The number of aromatic nitrogens is 3. The van der Waals surface area contributed by atoms with Crippen LogP contribution in [0.5, 0.6) is 11.5 Å². The fraction of sp³-hybridized carbons (Fsp3) is 0.200. The third kappa shape index (κ3) is 5.58. The number of benzene rings is 2. The van der Waals surface area contributed by atoms with Gasteiger partial charge in [-0.25, -0.2) is 5.43 Å². The number of nitrogens with one attached hydrogen (secondary N) is 1. The van der Waals surface area contributed by atoms with E-state index in [0.29, 0.717) is 17.1 Å². The molecule has 0 saturated carbocycles. The maximum atomic E-state index is 12.3. The molecule has 8 nitrogen and oxygen atoms in total. The standard InChI is InChI=1S/C20H21N5O3S/c1-25-13-22-24-20(25)29-12-14-4-6-16(7-5-14)19(26)23-21-11-15-8-17(27-2)10-18(9-15)28-3/h4-11,13H,12H2,1-3H3,(H,23,26)/b21-11+. The number of hydrazone groups is 1. The second-order valence-electron chi connectivity index (χ2n) is 6.06. The summed E-state index contributed by atoms with van der Waals surface area (Å²) >= 11 is 1.58. The Balaban J connectivity index is 1.56. The number of hydrogen-bond acceptors (Lipinski definition) is 7. The number of hydrogen-bond donors (Lipinski definition) is 1. The topological polar surface area (TPSA) is 90.6 Å². The summed E-state index contributed by atoms with van der Waals surface area (Å²) in [6, 6.07) is 12.7. The summed E-state index contributed by atoms with van der Waals surface area (Å²) in [6.07, 6.45) is 3.20. The lowest BCUT2D eigenvalue weighted by atomic mass is 10.1. The van der Waals surface area contributed by atoms with Crippen LogP contribution in [0.3, 0.4) is 0 Å². The lowest BCUT2D eigenvalue weighted by Crippen LogP contribution is -2.17. The molecule has 3 rings (SSSR count). The van der Waals surface area contributed by atoms with Gasteiger partial charge in [0.15, 0.2) is 5.16 Å². The Labute approximate surface area is 172 Å². The molecule has 0 aliphatic rings. The highest BCUT2D eigenvalue weighted by molar-refractivity contribution is 7.98. The van der Waals surface area contributed by atoms with E-state index >= 15 is 0 Å². The van der Waals surface area contributed by atoms with Gasteiger partial charge in [-0.1, -0.05) is 23.9 Å². The van der Waals surface area contributed by atoms with Crippen molar-refractivity contribution in [1.29, 1.82) is 0 Å². The summed E-state index contributed by atoms with van der Waals surface area (Å²) in [5.74, 6) is 1.74. The minimum absolute atomic E-state index is 0.288. The molecule has 0 bridgehead atoms. The highest BCUT2D eigenvalue weighted by Gasteiger charge is 2.06. The second kappa shape index (κ2) is 9.74. The molecule has 0 radical (unpaired) electrons. The van der Waals surface area contributed by atoms with Crippen LogP contribution in [0.25, 0.3) is 0 Å². The Morgan fingerprint density at radius 2 is 1.86 bits per heavy atom. The maximum absolute atomic E-state index is 12.3. The molecule has 150 valence electrons. The first-order valence-corrected chi connectivity index (χ1v) is 9.70. The molecule has 0 spiro atoms. The molecule has 1 amide bonds. The summed E-state index contributed by atoms with van der Waals surface area (Å²) in [7, 11) is 5.05. The van der Waals surface area contributed by atoms with Crippen LogP contribution < -0.4 is 14.9 Å². The monoisotopic (exact) mass is 411 g/mol. The van der Waals surface area contributed by atoms with Crippen LogP contribution in [0.2, 0.25) is 0 Å². The van der Waals surface area contributed by atoms with Gasteiger partial charge in [-0.3, -0.25) is 4.79 Å². The van der Waals surface area contributed by atoms with Gasteiger partial charge < -0.3 is 14.0 Å². The molecule has 0 atom stereocenters. The lowest BCUT2D eigenvalue weighted by Gasteiger charge is -2.06. The summed E-state index contributed by atoms with van der Waals surface area (Å²) in [5.41, 5.74) is 4.88. The molecular weight excluding hydrogens is 390 g/mol. The third-order valence-corrected chi connectivity index (χ3v) is 5.11. The van der Waals surface area contributed by atoms with Crippen LogP contribution in [-0.2, 0) is 12.8 Å². The zero-order valence-electron chi connectivity index (χ0n) is 16.3. The highest BCUT2D eigenvalue weighted by atomic mass is 32.2. The van der Waals surface area contributed by atoms with E-state index in [4.69, 9.17) is 9.47 Å². The van der Waals surface area contributed by atoms with Crippen molar-refractivity contribution < 1.29 is 14.3 Å². The largest absolute Gasteiger partial charge is 0.497 e. The van der Waals surface area contributed by atoms with Crippen molar-refractivity contribution in [2.24, 2.45) is 12.1 Å². The van der Waals surface area contributed by atoms with Crippen LogP contribution in [0.1, 0.15) is 21.5 Å². The number of amides is 1. The molecule has 0 aliphatic heterocycles. The van der Waals surface area contributed by atoms with E-state index in [0.717, 1.165) is 22.0 Å². The Morgan fingerprint density at radius 1 is 1.17 bits per heavy atom. The average molecular weight is 411 g/mol. The van der Waals surface area contributed by atoms with Crippen molar-refractivity contribution in [2.45, 2.75) is 10.9 Å². The number of carbonyl (C=O) groups excluding carboxylic acids is 1. The van der Waals surface area contributed by atoms with Gasteiger partial charge in [0.1, 0.15) is 17.8 Å². The van der Waals surface area contributed by atoms with Crippen molar-refractivity contribution >= 4 is 23.9 Å². The first-order valence-electron chi connectivity index (χ1n) is 8.71. The molecule has 0 aliphatic carbocycles. The summed E-state index contributed by atoms with van der Waals surface area (Å²) < 4.78 is 12.3. The van der Waals surface area contributed by atoms with Crippen LogP contribution in [0.4, 0.5) is 0 Å². The molecule has 0 saturated heterocycles. The number of nitrogens with zero attached hydrogens (tertiary/aromatic N) is 4.